The first kappa shape index (κ1) is 18.9. The van der Waals surface area contributed by atoms with Crippen LogP contribution in [0.1, 0.15) is 69.2 Å². The summed E-state index contributed by atoms with van der Waals surface area (Å²) < 4.78 is 0. The molecule has 0 aromatic heterocycles. The van der Waals surface area contributed by atoms with Crippen molar-refractivity contribution >= 4 is 23.2 Å². The second kappa shape index (κ2) is 5.27. The van der Waals surface area contributed by atoms with Crippen LogP contribution in [-0.2, 0) is 0 Å². The summed E-state index contributed by atoms with van der Waals surface area (Å²) >= 11 is 14.8. The van der Waals surface area contributed by atoms with Gasteiger partial charge in [0.1, 0.15) is 0 Å². The molecule has 0 saturated heterocycles. The normalized spacial score (nSPS) is 24.5. The molecule has 0 spiro atoms. The van der Waals surface area contributed by atoms with Gasteiger partial charge in [0.2, 0.25) is 0 Å². The van der Waals surface area contributed by atoms with Crippen LogP contribution in [0.15, 0.2) is 44.6 Å². The Kier molecular flexibility index (Phi) is 4.32. The predicted octanol–water partition coefficient (Wildman–Crippen LogP) is 7.34. The number of rotatable bonds is 2. The van der Waals surface area contributed by atoms with Crippen molar-refractivity contribution < 1.29 is 0 Å². The topological polar surface area (TPSA) is 0 Å². The molecule has 0 bridgehead atoms. The molecule has 0 saturated carbocycles. The van der Waals surface area contributed by atoms with E-state index in [0.29, 0.717) is 0 Å². The molecule has 2 rings (SSSR count). The molecule has 0 fully saturated rings. The molecule has 0 atom stereocenters. The molecule has 0 nitrogen and oxygen atoms in total. The molecule has 2 aliphatic rings. The van der Waals surface area contributed by atoms with E-state index in [-0.39, 0.29) is 5.41 Å². The van der Waals surface area contributed by atoms with E-state index in [9.17, 15) is 0 Å². The number of hydrogen-bond acceptors (Lipinski definition) is 0. The standard InChI is InChI=1S/C21H30Cl2/c1-11-12(2)16(6)20(22,15(11)5)19(9,10)21(23)17(7)13(3)14(4)18(21)8/h1-10H3. The predicted molar refractivity (Wildman–Crippen MR) is 104 cm³/mol. The summed E-state index contributed by atoms with van der Waals surface area (Å²) in [5.41, 5.74) is 9.82. The van der Waals surface area contributed by atoms with Crippen LogP contribution < -0.4 is 0 Å². The molecule has 2 heteroatoms. The zero-order chi connectivity index (χ0) is 18.1. The van der Waals surface area contributed by atoms with Gasteiger partial charge in [-0.05, 0) is 100.0 Å². The van der Waals surface area contributed by atoms with Crippen molar-refractivity contribution in [2.45, 2.75) is 79.0 Å². The highest BCUT2D eigenvalue weighted by Crippen LogP contribution is 2.65. The number of alkyl halides is 2. The first-order valence-electron chi connectivity index (χ1n) is 8.38. The lowest BCUT2D eigenvalue weighted by atomic mass is 9.61. The molecule has 0 radical (unpaired) electrons. The van der Waals surface area contributed by atoms with E-state index in [4.69, 9.17) is 23.2 Å². The highest BCUT2D eigenvalue weighted by atomic mass is 35.5. The molecule has 0 aromatic rings. The van der Waals surface area contributed by atoms with Gasteiger partial charge in [0.25, 0.3) is 0 Å². The zero-order valence-corrected chi connectivity index (χ0v) is 17.8. The first-order valence-corrected chi connectivity index (χ1v) is 9.13. The minimum absolute atomic E-state index is 0.358. The molecule has 0 N–H and O–H groups in total. The summed E-state index contributed by atoms with van der Waals surface area (Å²) in [6, 6.07) is 0. The first-order chi connectivity index (χ1) is 10.3. The molecule has 128 valence electrons. The zero-order valence-electron chi connectivity index (χ0n) is 16.3. The van der Waals surface area contributed by atoms with E-state index >= 15 is 0 Å². The summed E-state index contributed by atoms with van der Waals surface area (Å²) in [5, 5.41) is 0. The Morgan fingerprint density at radius 3 is 0.870 bits per heavy atom. The van der Waals surface area contributed by atoms with Gasteiger partial charge < -0.3 is 0 Å². The van der Waals surface area contributed by atoms with Crippen molar-refractivity contribution in [1.82, 2.24) is 0 Å². The van der Waals surface area contributed by atoms with Crippen LogP contribution in [0.4, 0.5) is 0 Å². The third-order valence-electron chi connectivity index (χ3n) is 7.16. The summed E-state index contributed by atoms with van der Waals surface area (Å²) in [6.07, 6.45) is 0. The van der Waals surface area contributed by atoms with E-state index < -0.39 is 9.75 Å². The van der Waals surface area contributed by atoms with E-state index in [0.717, 1.165) is 0 Å². The van der Waals surface area contributed by atoms with Gasteiger partial charge in [-0.15, -0.1) is 23.2 Å². The number of hydrogen-bond donors (Lipinski definition) is 0. The SMILES string of the molecule is CC1=C(C)C(Cl)(C(C)(C)C2(Cl)C(C)=C(C)C(C)=C2C)C(C)=C1C. The average Bonchev–Trinajstić information content (AvgIpc) is 2.76. The summed E-state index contributed by atoms with van der Waals surface area (Å²) in [4.78, 5) is -1.12. The molecule has 0 aliphatic heterocycles. The molecule has 0 amide bonds. The van der Waals surface area contributed by atoms with Gasteiger partial charge in [0.15, 0.2) is 0 Å². The third kappa shape index (κ3) is 1.91. The van der Waals surface area contributed by atoms with Crippen molar-refractivity contribution in [3.8, 4) is 0 Å². The van der Waals surface area contributed by atoms with Crippen LogP contribution in [0, 0.1) is 5.41 Å². The van der Waals surface area contributed by atoms with E-state index in [1.807, 2.05) is 0 Å². The largest absolute Gasteiger partial charge is 0.109 e. The Bertz CT molecular complexity index is 600. The van der Waals surface area contributed by atoms with Crippen LogP contribution >= 0.6 is 23.2 Å². The molecule has 23 heavy (non-hydrogen) atoms. The van der Waals surface area contributed by atoms with Crippen molar-refractivity contribution in [1.29, 1.82) is 0 Å². The minimum atomic E-state index is -0.559. The van der Waals surface area contributed by atoms with Gasteiger partial charge in [-0.1, -0.05) is 13.8 Å². The second-order valence-corrected chi connectivity index (χ2v) is 9.08. The Balaban J connectivity index is 2.80. The monoisotopic (exact) mass is 352 g/mol. The van der Waals surface area contributed by atoms with Crippen LogP contribution in [0.3, 0.4) is 0 Å². The Labute approximate surface area is 152 Å². The molecule has 0 heterocycles. The van der Waals surface area contributed by atoms with Gasteiger partial charge in [-0.3, -0.25) is 0 Å². The van der Waals surface area contributed by atoms with Crippen molar-refractivity contribution in [2.75, 3.05) is 0 Å². The molecule has 0 unspecified atom stereocenters. The lowest BCUT2D eigenvalue weighted by Crippen LogP contribution is -2.54. The van der Waals surface area contributed by atoms with Gasteiger partial charge >= 0.3 is 0 Å². The summed E-state index contributed by atoms with van der Waals surface area (Å²) in [6.45, 7) is 21.8. The number of allylic oxidation sites excluding steroid dienone is 8. The molecule has 0 aromatic carbocycles. The minimum Gasteiger partial charge on any atom is -0.109 e. The lowest BCUT2D eigenvalue weighted by molar-refractivity contribution is 0.256. The third-order valence-corrected chi connectivity index (χ3v) is 9.24. The van der Waals surface area contributed by atoms with Crippen molar-refractivity contribution in [2.24, 2.45) is 5.41 Å². The lowest BCUT2D eigenvalue weighted by Gasteiger charge is -2.52. The molecular formula is C21H30Cl2. The Morgan fingerprint density at radius 1 is 0.522 bits per heavy atom. The van der Waals surface area contributed by atoms with Crippen LogP contribution in [-0.4, -0.2) is 9.75 Å². The summed E-state index contributed by atoms with van der Waals surface area (Å²) in [5.74, 6) is 0. The molecule has 2 aliphatic carbocycles. The fraction of sp³-hybridized carbons (Fsp3) is 0.619. The maximum Gasteiger partial charge on any atom is 0.0944 e. The Hall–Kier alpha value is -0.460. The maximum atomic E-state index is 7.40. The van der Waals surface area contributed by atoms with Gasteiger partial charge in [-0.25, -0.2) is 0 Å². The second-order valence-electron chi connectivity index (χ2n) is 7.94. The van der Waals surface area contributed by atoms with Gasteiger partial charge in [0, 0.05) is 5.41 Å². The molecular weight excluding hydrogens is 323 g/mol. The fourth-order valence-electron chi connectivity index (χ4n) is 4.83. The van der Waals surface area contributed by atoms with Crippen LogP contribution in [0.2, 0.25) is 0 Å². The maximum absolute atomic E-state index is 7.40. The average molecular weight is 353 g/mol. The highest BCUT2D eigenvalue weighted by Gasteiger charge is 2.62. The van der Waals surface area contributed by atoms with Gasteiger partial charge in [0.05, 0.1) is 9.75 Å². The van der Waals surface area contributed by atoms with Crippen LogP contribution in [0.25, 0.3) is 0 Å². The summed E-state index contributed by atoms with van der Waals surface area (Å²) in [7, 11) is 0. The fourth-order valence-corrected chi connectivity index (χ4v) is 5.73. The van der Waals surface area contributed by atoms with E-state index in [1.54, 1.807) is 0 Å². The Morgan fingerprint density at radius 2 is 0.696 bits per heavy atom. The highest BCUT2D eigenvalue weighted by molar-refractivity contribution is 6.33. The van der Waals surface area contributed by atoms with Gasteiger partial charge in [-0.2, -0.15) is 0 Å². The van der Waals surface area contributed by atoms with Crippen molar-refractivity contribution in [3.05, 3.63) is 44.6 Å². The number of halogens is 2. The van der Waals surface area contributed by atoms with E-state index in [2.05, 4.69) is 69.2 Å². The van der Waals surface area contributed by atoms with Crippen LogP contribution in [0.5, 0.6) is 0 Å². The smallest absolute Gasteiger partial charge is 0.0944 e. The van der Waals surface area contributed by atoms with E-state index in [1.165, 1.54) is 44.6 Å². The quantitative estimate of drug-likeness (QED) is 0.456. The van der Waals surface area contributed by atoms with Crippen molar-refractivity contribution in [3.63, 3.8) is 0 Å².